The van der Waals surface area contributed by atoms with Crippen LogP contribution in [0, 0.1) is 17.8 Å². The van der Waals surface area contributed by atoms with Gasteiger partial charge >= 0.3 is 6.36 Å². The first-order valence-corrected chi connectivity index (χ1v) is 11.6. The molecule has 0 radical (unpaired) electrons. The molecule has 178 valence electrons. The van der Waals surface area contributed by atoms with Gasteiger partial charge in [0.15, 0.2) is 0 Å². The Kier molecular flexibility index (Phi) is 6.03. The second-order valence-electron chi connectivity index (χ2n) is 9.50. The van der Waals surface area contributed by atoms with Crippen molar-refractivity contribution < 1.29 is 22.7 Å². The zero-order valence-corrected chi connectivity index (χ0v) is 18.4. The van der Waals surface area contributed by atoms with Gasteiger partial charge < -0.3 is 14.5 Å². The molecule has 1 aromatic heterocycles. The fraction of sp³-hybridized carbons (Fsp3) is 0.609. The van der Waals surface area contributed by atoms with Gasteiger partial charge in [0.2, 0.25) is 5.91 Å². The molecule has 5 rings (SSSR count). The Balaban J connectivity index is 1.04. The van der Waals surface area contributed by atoms with Crippen LogP contribution in [0.1, 0.15) is 29.8 Å². The Morgan fingerprint density at radius 1 is 1.12 bits per heavy atom. The first-order chi connectivity index (χ1) is 15.8. The molecule has 1 N–H and O–H groups in total. The van der Waals surface area contributed by atoms with Crippen LogP contribution in [0.5, 0.6) is 5.75 Å². The highest BCUT2D eigenvalue weighted by atomic mass is 19.4. The molecule has 0 unspecified atom stereocenters. The minimum atomic E-state index is -4.66. The number of nitrogens with zero attached hydrogens (tertiary/aromatic N) is 4. The molecular weight excluding hydrogens is 435 g/mol. The number of carbonyl (C=O) groups excluding carboxylic acids is 1. The van der Waals surface area contributed by atoms with E-state index < -0.39 is 6.36 Å². The Bertz CT molecular complexity index is 963. The van der Waals surface area contributed by atoms with Crippen molar-refractivity contribution in [2.45, 2.75) is 38.5 Å². The Morgan fingerprint density at radius 2 is 1.85 bits per heavy atom. The van der Waals surface area contributed by atoms with Gasteiger partial charge in [-0.2, -0.15) is 0 Å². The number of hydrogen-bond donors (Lipinski definition) is 1. The molecule has 3 heterocycles. The molecule has 2 aliphatic heterocycles. The number of amides is 1. The molecule has 1 aromatic carbocycles. The first kappa shape index (κ1) is 22.2. The van der Waals surface area contributed by atoms with Gasteiger partial charge in [0.05, 0.1) is 11.4 Å². The number of aryl methyl sites for hydroxylation is 2. The fourth-order valence-electron chi connectivity index (χ4n) is 5.58. The maximum atomic E-state index is 13.1. The number of nitrogens with one attached hydrogen (secondary N) is 1. The SMILES string of the molecule is O=C([C@@H]1CCc2[nH]nnc2C1)N1C[C@H]2CN(CCCc3ccc(OC(F)(F)F)cc3)C[C@@H]2C1. The number of fused-ring (bicyclic) bond motifs is 2. The highest BCUT2D eigenvalue weighted by molar-refractivity contribution is 5.79. The van der Waals surface area contributed by atoms with Crippen molar-refractivity contribution in [1.82, 2.24) is 25.2 Å². The number of likely N-dealkylation sites (tertiary alicyclic amines) is 2. The maximum absolute atomic E-state index is 13.1. The number of carbonyl (C=O) groups is 1. The Labute approximate surface area is 190 Å². The molecule has 7 nitrogen and oxygen atoms in total. The molecule has 33 heavy (non-hydrogen) atoms. The molecule has 1 amide bonds. The van der Waals surface area contributed by atoms with Crippen LogP contribution < -0.4 is 4.74 Å². The van der Waals surface area contributed by atoms with Gasteiger partial charge in [0.1, 0.15) is 5.75 Å². The van der Waals surface area contributed by atoms with E-state index in [0.717, 1.165) is 75.4 Å². The van der Waals surface area contributed by atoms with Gasteiger partial charge in [-0.3, -0.25) is 9.89 Å². The summed E-state index contributed by atoms with van der Waals surface area (Å²) in [5.74, 6) is 1.15. The van der Waals surface area contributed by atoms with Crippen LogP contribution in [0.15, 0.2) is 24.3 Å². The molecule has 0 bridgehead atoms. The molecule has 0 saturated carbocycles. The molecule has 3 aliphatic rings. The number of rotatable bonds is 6. The summed E-state index contributed by atoms with van der Waals surface area (Å²) in [7, 11) is 0. The number of benzene rings is 1. The molecule has 0 spiro atoms. The third-order valence-electron chi connectivity index (χ3n) is 7.21. The fourth-order valence-corrected chi connectivity index (χ4v) is 5.58. The van der Waals surface area contributed by atoms with Crippen molar-refractivity contribution in [3.05, 3.63) is 41.2 Å². The summed E-state index contributed by atoms with van der Waals surface area (Å²) >= 11 is 0. The lowest BCUT2D eigenvalue weighted by Crippen LogP contribution is -2.39. The number of alkyl halides is 3. The normalized spacial score (nSPS) is 25.2. The average molecular weight is 464 g/mol. The lowest BCUT2D eigenvalue weighted by Gasteiger charge is -2.27. The van der Waals surface area contributed by atoms with Gasteiger partial charge in [-0.1, -0.05) is 17.3 Å². The van der Waals surface area contributed by atoms with E-state index in [-0.39, 0.29) is 17.6 Å². The topological polar surface area (TPSA) is 74.4 Å². The number of aromatic amines is 1. The summed E-state index contributed by atoms with van der Waals surface area (Å²) in [4.78, 5) is 17.6. The zero-order chi connectivity index (χ0) is 23.0. The zero-order valence-electron chi connectivity index (χ0n) is 18.4. The van der Waals surface area contributed by atoms with Crippen LogP contribution in [-0.4, -0.2) is 70.2 Å². The van der Waals surface area contributed by atoms with E-state index in [2.05, 4.69) is 29.9 Å². The quantitative estimate of drug-likeness (QED) is 0.713. The Hall–Kier alpha value is -2.62. The maximum Gasteiger partial charge on any atom is 0.573 e. The molecular formula is C23H28F3N5O2. The summed E-state index contributed by atoms with van der Waals surface area (Å²) < 4.78 is 40.7. The van der Waals surface area contributed by atoms with E-state index in [0.29, 0.717) is 18.3 Å². The first-order valence-electron chi connectivity index (χ1n) is 11.6. The summed E-state index contributed by atoms with van der Waals surface area (Å²) in [6, 6.07) is 6.11. The predicted octanol–water partition coefficient (Wildman–Crippen LogP) is 2.83. The Morgan fingerprint density at radius 3 is 2.55 bits per heavy atom. The largest absolute Gasteiger partial charge is 0.573 e. The van der Waals surface area contributed by atoms with Crippen LogP contribution in [0.3, 0.4) is 0 Å². The summed E-state index contributed by atoms with van der Waals surface area (Å²) in [6.07, 6.45) is -0.515. The number of aromatic nitrogens is 3. The number of ether oxygens (including phenoxy) is 1. The molecule has 1 aliphatic carbocycles. The van der Waals surface area contributed by atoms with Crippen molar-refractivity contribution in [2.75, 3.05) is 32.7 Å². The highest BCUT2D eigenvalue weighted by Gasteiger charge is 2.43. The van der Waals surface area contributed by atoms with Crippen molar-refractivity contribution in [1.29, 1.82) is 0 Å². The van der Waals surface area contributed by atoms with Gasteiger partial charge in [-0.05, 0) is 61.8 Å². The monoisotopic (exact) mass is 463 g/mol. The minimum Gasteiger partial charge on any atom is -0.406 e. The van der Waals surface area contributed by atoms with Crippen LogP contribution in [-0.2, 0) is 24.1 Å². The molecule has 2 saturated heterocycles. The number of halogens is 3. The van der Waals surface area contributed by atoms with Gasteiger partial charge in [0.25, 0.3) is 0 Å². The standard InChI is InChI=1S/C23H28F3N5O2/c24-23(25,26)33-19-6-3-15(4-7-19)2-1-9-30-11-17-13-31(14-18(17)12-30)22(32)16-5-8-20-21(10-16)28-29-27-20/h3-4,6-7,16-18H,1-2,5,8-14H2,(H,27,28,29)/t16-,17-,18-/m1/s1. The van der Waals surface area contributed by atoms with Crippen molar-refractivity contribution in [3.63, 3.8) is 0 Å². The van der Waals surface area contributed by atoms with Gasteiger partial charge in [-0.25, -0.2) is 0 Å². The van der Waals surface area contributed by atoms with Crippen molar-refractivity contribution in [2.24, 2.45) is 17.8 Å². The lowest BCUT2D eigenvalue weighted by atomic mass is 9.89. The van der Waals surface area contributed by atoms with E-state index in [9.17, 15) is 18.0 Å². The predicted molar refractivity (Wildman–Crippen MR) is 113 cm³/mol. The van der Waals surface area contributed by atoms with Crippen LogP contribution >= 0.6 is 0 Å². The van der Waals surface area contributed by atoms with E-state index in [1.165, 1.54) is 12.1 Å². The van der Waals surface area contributed by atoms with Gasteiger partial charge in [-0.15, -0.1) is 18.3 Å². The average Bonchev–Trinajstić information content (AvgIpc) is 3.47. The van der Waals surface area contributed by atoms with Crippen LogP contribution in [0.25, 0.3) is 0 Å². The minimum absolute atomic E-state index is 0.0189. The summed E-state index contributed by atoms with van der Waals surface area (Å²) in [5.41, 5.74) is 3.01. The highest BCUT2D eigenvalue weighted by Crippen LogP contribution is 2.34. The third kappa shape index (κ3) is 5.15. The van der Waals surface area contributed by atoms with Crippen LogP contribution in [0.2, 0.25) is 0 Å². The molecule has 2 aromatic rings. The van der Waals surface area contributed by atoms with Crippen LogP contribution in [0.4, 0.5) is 13.2 Å². The van der Waals surface area contributed by atoms with Crippen molar-refractivity contribution in [3.8, 4) is 5.75 Å². The molecule has 10 heteroatoms. The van der Waals surface area contributed by atoms with E-state index >= 15 is 0 Å². The van der Waals surface area contributed by atoms with Crippen molar-refractivity contribution >= 4 is 5.91 Å². The van der Waals surface area contributed by atoms with E-state index in [4.69, 9.17) is 0 Å². The van der Waals surface area contributed by atoms with E-state index in [1.54, 1.807) is 12.1 Å². The number of H-pyrrole nitrogens is 1. The second kappa shape index (κ2) is 8.96. The summed E-state index contributed by atoms with van der Waals surface area (Å²) in [6.45, 7) is 4.64. The number of hydrogen-bond acceptors (Lipinski definition) is 5. The molecule has 3 atom stereocenters. The van der Waals surface area contributed by atoms with E-state index in [1.807, 2.05) is 0 Å². The molecule has 2 fully saturated rings. The summed E-state index contributed by atoms with van der Waals surface area (Å²) in [5, 5.41) is 10.9. The third-order valence-corrected chi connectivity index (χ3v) is 7.21. The second-order valence-corrected chi connectivity index (χ2v) is 9.50. The smallest absolute Gasteiger partial charge is 0.406 e. The van der Waals surface area contributed by atoms with Gasteiger partial charge in [0, 0.05) is 38.5 Å². The lowest BCUT2D eigenvalue weighted by molar-refractivity contribution is -0.274.